The fraction of sp³-hybridized carbons (Fsp3) is 0.318. The lowest BCUT2D eigenvalue weighted by atomic mass is 10.1. The zero-order chi connectivity index (χ0) is 21.9. The van der Waals surface area contributed by atoms with E-state index in [1.165, 1.54) is 25.1 Å². The number of aryl methyl sites for hydroxylation is 2. The Kier molecular flexibility index (Phi) is 6.45. The van der Waals surface area contributed by atoms with Gasteiger partial charge in [0.25, 0.3) is 10.0 Å². The van der Waals surface area contributed by atoms with Crippen molar-refractivity contribution >= 4 is 32.6 Å². The second-order valence-corrected chi connectivity index (χ2v) is 8.75. The summed E-state index contributed by atoms with van der Waals surface area (Å²) in [6, 6.07) is 8.13. The third-order valence-corrected chi connectivity index (χ3v) is 6.27. The number of carbonyl (C=O) groups excluding carboxylic acids is 1. The standard InChI is InChI=1S/C22H24FNO5S/c1-4-5-6-11-28-22(25)21-15(3)29-19-9-8-17(13-18(19)21)24-30(26,27)20-10-7-16(23)12-14(20)2/h7-10,12-13,24H,4-6,11H2,1-3H3. The lowest BCUT2D eigenvalue weighted by molar-refractivity contribution is 0.0498. The van der Waals surface area contributed by atoms with Crippen LogP contribution >= 0.6 is 0 Å². The van der Waals surface area contributed by atoms with E-state index in [1.807, 2.05) is 0 Å². The van der Waals surface area contributed by atoms with E-state index in [4.69, 9.17) is 9.15 Å². The number of carbonyl (C=O) groups is 1. The van der Waals surface area contributed by atoms with Crippen molar-refractivity contribution < 1.29 is 26.8 Å². The maximum atomic E-state index is 13.3. The molecular formula is C22H24FNO5S. The lowest BCUT2D eigenvalue weighted by Crippen LogP contribution is -2.14. The molecule has 1 heterocycles. The molecule has 0 radical (unpaired) electrons. The highest BCUT2D eigenvalue weighted by atomic mass is 32.2. The first-order valence-electron chi connectivity index (χ1n) is 9.72. The number of rotatable bonds is 8. The van der Waals surface area contributed by atoms with Gasteiger partial charge in [-0.15, -0.1) is 0 Å². The minimum Gasteiger partial charge on any atom is -0.462 e. The number of sulfonamides is 1. The second-order valence-electron chi connectivity index (χ2n) is 7.10. The molecule has 1 N–H and O–H groups in total. The van der Waals surface area contributed by atoms with E-state index >= 15 is 0 Å². The van der Waals surface area contributed by atoms with Crippen molar-refractivity contribution in [2.24, 2.45) is 0 Å². The Bertz CT molecular complexity index is 1180. The highest BCUT2D eigenvalue weighted by Gasteiger charge is 2.22. The molecule has 0 amide bonds. The van der Waals surface area contributed by atoms with Crippen molar-refractivity contribution in [1.29, 1.82) is 0 Å². The van der Waals surface area contributed by atoms with E-state index < -0.39 is 21.8 Å². The third-order valence-electron chi connectivity index (χ3n) is 4.73. The van der Waals surface area contributed by atoms with E-state index in [-0.39, 0.29) is 16.1 Å². The van der Waals surface area contributed by atoms with E-state index in [9.17, 15) is 17.6 Å². The Hall–Kier alpha value is -2.87. The van der Waals surface area contributed by atoms with Crippen LogP contribution in [-0.2, 0) is 14.8 Å². The molecule has 160 valence electrons. The zero-order valence-electron chi connectivity index (χ0n) is 17.1. The molecule has 1 aromatic heterocycles. The number of ether oxygens (including phenoxy) is 1. The summed E-state index contributed by atoms with van der Waals surface area (Å²) in [5, 5.41) is 0.462. The van der Waals surface area contributed by atoms with Gasteiger partial charge in [0.15, 0.2) is 0 Å². The molecular weight excluding hydrogens is 409 g/mol. The van der Waals surface area contributed by atoms with Crippen molar-refractivity contribution in [3.63, 3.8) is 0 Å². The molecule has 6 nitrogen and oxygen atoms in total. The monoisotopic (exact) mass is 433 g/mol. The maximum absolute atomic E-state index is 13.3. The highest BCUT2D eigenvalue weighted by molar-refractivity contribution is 7.92. The van der Waals surface area contributed by atoms with E-state index in [0.29, 0.717) is 28.9 Å². The number of furan rings is 1. The Morgan fingerprint density at radius 1 is 1.13 bits per heavy atom. The zero-order valence-corrected chi connectivity index (χ0v) is 17.9. The fourth-order valence-electron chi connectivity index (χ4n) is 3.25. The third kappa shape index (κ3) is 4.64. The molecule has 3 aromatic rings. The van der Waals surface area contributed by atoms with Gasteiger partial charge in [-0.25, -0.2) is 17.6 Å². The van der Waals surface area contributed by atoms with Crippen LogP contribution in [0.2, 0.25) is 0 Å². The quantitative estimate of drug-likeness (QED) is 0.383. The number of esters is 1. The van der Waals surface area contributed by atoms with Crippen LogP contribution in [0.15, 0.2) is 45.7 Å². The normalized spacial score (nSPS) is 11.6. The molecule has 8 heteroatoms. The predicted octanol–water partition coefficient (Wildman–Crippen LogP) is 5.34. The molecule has 0 aliphatic heterocycles. The number of anilines is 1. The minimum absolute atomic E-state index is 0.0251. The summed E-state index contributed by atoms with van der Waals surface area (Å²) >= 11 is 0. The Labute approximate surface area is 175 Å². The van der Waals surface area contributed by atoms with Crippen LogP contribution in [-0.4, -0.2) is 21.0 Å². The van der Waals surface area contributed by atoms with Gasteiger partial charge in [0, 0.05) is 11.1 Å². The maximum Gasteiger partial charge on any atom is 0.342 e. The van der Waals surface area contributed by atoms with Crippen LogP contribution in [0, 0.1) is 19.7 Å². The van der Waals surface area contributed by atoms with Gasteiger partial charge in [-0.2, -0.15) is 0 Å². The molecule has 0 bridgehead atoms. The first-order valence-corrected chi connectivity index (χ1v) is 11.2. The van der Waals surface area contributed by atoms with E-state index in [1.54, 1.807) is 13.0 Å². The molecule has 0 fully saturated rings. The van der Waals surface area contributed by atoms with Crippen LogP contribution in [0.5, 0.6) is 0 Å². The van der Waals surface area contributed by atoms with Gasteiger partial charge in [0.05, 0.1) is 11.5 Å². The van der Waals surface area contributed by atoms with Crippen molar-refractivity contribution in [3.05, 3.63) is 59.1 Å². The molecule has 2 aromatic carbocycles. The van der Waals surface area contributed by atoms with Crippen LogP contribution < -0.4 is 4.72 Å². The minimum atomic E-state index is -3.94. The summed E-state index contributed by atoms with van der Waals surface area (Å²) in [6.45, 7) is 5.56. The second kappa shape index (κ2) is 8.87. The highest BCUT2D eigenvalue weighted by Crippen LogP contribution is 2.30. The molecule has 0 unspecified atom stereocenters. The Balaban J connectivity index is 1.90. The van der Waals surface area contributed by atoms with Gasteiger partial charge >= 0.3 is 5.97 Å². The van der Waals surface area contributed by atoms with Crippen LogP contribution in [0.25, 0.3) is 11.0 Å². The van der Waals surface area contributed by atoms with Crippen LogP contribution in [0.3, 0.4) is 0 Å². The van der Waals surface area contributed by atoms with Crippen molar-refractivity contribution in [3.8, 4) is 0 Å². The van der Waals surface area contributed by atoms with Crippen molar-refractivity contribution in [2.45, 2.75) is 44.9 Å². The van der Waals surface area contributed by atoms with E-state index in [0.717, 1.165) is 31.4 Å². The summed E-state index contributed by atoms with van der Waals surface area (Å²) in [6.07, 6.45) is 2.76. The van der Waals surface area contributed by atoms with Gasteiger partial charge in [0.1, 0.15) is 22.7 Å². The predicted molar refractivity (Wildman–Crippen MR) is 113 cm³/mol. The van der Waals surface area contributed by atoms with E-state index in [2.05, 4.69) is 11.6 Å². The number of hydrogen-bond donors (Lipinski definition) is 1. The summed E-state index contributed by atoms with van der Waals surface area (Å²) < 4.78 is 52.3. The fourth-order valence-corrected chi connectivity index (χ4v) is 4.53. The number of benzene rings is 2. The van der Waals surface area contributed by atoms with Gasteiger partial charge in [-0.05, 0) is 62.2 Å². The molecule has 0 saturated heterocycles. The molecule has 0 saturated carbocycles. The average molecular weight is 434 g/mol. The summed E-state index contributed by atoms with van der Waals surface area (Å²) in [7, 11) is -3.94. The van der Waals surface area contributed by atoms with Gasteiger partial charge in [-0.1, -0.05) is 19.8 Å². The summed E-state index contributed by atoms with van der Waals surface area (Å²) in [5.41, 5.74) is 1.28. The summed E-state index contributed by atoms with van der Waals surface area (Å²) in [5.74, 6) is -0.611. The number of unbranched alkanes of at least 4 members (excludes halogenated alkanes) is 2. The number of halogens is 1. The number of fused-ring (bicyclic) bond motifs is 1. The first kappa shape index (κ1) is 21.8. The average Bonchev–Trinajstić information content (AvgIpc) is 2.99. The molecule has 0 spiro atoms. The van der Waals surface area contributed by atoms with Crippen LogP contribution in [0.4, 0.5) is 10.1 Å². The number of nitrogens with one attached hydrogen (secondary N) is 1. The number of hydrogen-bond acceptors (Lipinski definition) is 5. The van der Waals surface area contributed by atoms with Crippen LogP contribution in [0.1, 0.15) is 47.9 Å². The van der Waals surface area contributed by atoms with Gasteiger partial charge < -0.3 is 9.15 Å². The Morgan fingerprint density at radius 2 is 1.90 bits per heavy atom. The smallest absolute Gasteiger partial charge is 0.342 e. The topological polar surface area (TPSA) is 85.6 Å². The largest absolute Gasteiger partial charge is 0.462 e. The van der Waals surface area contributed by atoms with Gasteiger partial charge in [0.2, 0.25) is 0 Å². The molecule has 0 atom stereocenters. The van der Waals surface area contributed by atoms with Gasteiger partial charge in [-0.3, -0.25) is 4.72 Å². The lowest BCUT2D eigenvalue weighted by Gasteiger charge is -2.10. The SMILES string of the molecule is CCCCCOC(=O)c1c(C)oc2ccc(NS(=O)(=O)c3ccc(F)cc3C)cc12. The first-order chi connectivity index (χ1) is 14.2. The Morgan fingerprint density at radius 3 is 2.60 bits per heavy atom. The summed E-state index contributed by atoms with van der Waals surface area (Å²) in [4.78, 5) is 12.5. The van der Waals surface area contributed by atoms with Crippen molar-refractivity contribution in [2.75, 3.05) is 11.3 Å². The van der Waals surface area contributed by atoms with Crippen molar-refractivity contribution in [1.82, 2.24) is 0 Å². The molecule has 3 rings (SSSR count). The molecule has 0 aliphatic carbocycles. The molecule has 0 aliphatic rings. The molecule has 30 heavy (non-hydrogen) atoms.